The zero-order valence-electron chi connectivity index (χ0n) is 17.7. The molecule has 0 aliphatic heterocycles. The maximum Gasteiger partial charge on any atom is 0.263 e. The van der Waals surface area contributed by atoms with Crippen LogP contribution in [0.5, 0.6) is 5.75 Å². The summed E-state index contributed by atoms with van der Waals surface area (Å²) in [4.78, 5) is 31.5. The van der Waals surface area contributed by atoms with Gasteiger partial charge >= 0.3 is 0 Å². The van der Waals surface area contributed by atoms with E-state index in [0.717, 1.165) is 6.42 Å². The van der Waals surface area contributed by atoms with Crippen LogP contribution in [0.15, 0.2) is 41.2 Å². The molecule has 30 heavy (non-hydrogen) atoms. The third kappa shape index (κ3) is 5.34. The van der Waals surface area contributed by atoms with Crippen molar-refractivity contribution in [3.63, 3.8) is 0 Å². The van der Waals surface area contributed by atoms with Gasteiger partial charge in [0.1, 0.15) is 11.6 Å². The summed E-state index contributed by atoms with van der Waals surface area (Å²) < 4.78 is 7.00. The van der Waals surface area contributed by atoms with Crippen LogP contribution in [0.2, 0.25) is 0 Å². The highest BCUT2D eigenvalue weighted by molar-refractivity contribution is 5.91. The first-order valence-electron chi connectivity index (χ1n) is 10.1. The van der Waals surface area contributed by atoms with Crippen LogP contribution in [0, 0.1) is 6.92 Å². The number of carbonyl (C=O) groups is 1. The number of aromatic nitrogens is 4. The predicted molar refractivity (Wildman–Crippen MR) is 115 cm³/mol. The lowest BCUT2D eigenvalue weighted by molar-refractivity contribution is -0.118. The average molecular weight is 409 g/mol. The van der Waals surface area contributed by atoms with Crippen LogP contribution < -0.4 is 15.6 Å². The third-order valence-corrected chi connectivity index (χ3v) is 4.50. The Bertz CT molecular complexity index is 1070. The number of aryl methyl sites for hydroxylation is 2. The average Bonchev–Trinajstić information content (AvgIpc) is 3.06. The quantitative estimate of drug-likeness (QED) is 0.594. The van der Waals surface area contributed by atoms with Crippen molar-refractivity contribution in [1.82, 2.24) is 19.7 Å². The molecule has 3 aromatic rings. The van der Waals surface area contributed by atoms with Gasteiger partial charge in [-0.15, -0.1) is 0 Å². The molecule has 2 aromatic heterocycles. The van der Waals surface area contributed by atoms with Gasteiger partial charge in [-0.2, -0.15) is 9.78 Å². The van der Waals surface area contributed by atoms with Crippen LogP contribution in [0.4, 0.5) is 5.82 Å². The van der Waals surface area contributed by atoms with Crippen LogP contribution in [0.3, 0.4) is 0 Å². The molecule has 0 aliphatic carbocycles. The van der Waals surface area contributed by atoms with Crippen molar-refractivity contribution >= 4 is 11.7 Å². The zero-order chi connectivity index (χ0) is 21.7. The van der Waals surface area contributed by atoms with Crippen LogP contribution in [-0.2, 0) is 11.2 Å². The van der Waals surface area contributed by atoms with Crippen molar-refractivity contribution in [2.24, 2.45) is 0 Å². The monoisotopic (exact) mass is 409 g/mol. The minimum absolute atomic E-state index is 0.148. The maximum absolute atomic E-state index is 12.4. The predicted octanol–water partition coefficient (Wildman–Crippen LogP) is 3.36. The van der Waals surface area contributed by atoms with E-state index in [4.69, 9.17) is 4.74 Å². The second-order valence-corrected chi connectivity index (χ2v) is 7.45. The Hall–Kier alpha value is -3.42. The van der Waals surface area contributed by atoms with Crippen molar-refractivity contribution < 1.29 is 9.53 Å². The molecule has 8 heteroatoms. The molecular formula is C22H27N5O3. The summed E-state index contributed by atoms with van der Waals surface area (Å²) in [6, 6.07) is 10.9. The van der Waals surface area contributed by atoms with Gasteiger partial charge in [0.05, 0.1) is 5.69 Å². The second kappa shape index (κ2) is 9.39. The number of nitrogens with one attached hydrogen (secondary N) is 2. The number of ether oxygens (including phenoxy) is 1. The Morgan fingerprint density at radius 1 is 1.23 bits per heavy atom. The summed E-state index contributed by atoms with van der Waals surface area (Å²) in [5.74, 6) is 1.39. The van der Waals surface area contributed by atoms with E-state index in [2.05, 4.69) is 34.2 Å². The number of nitrogens with zero attached hydrogens (tertiary/aromatic N) is 3. The van der Waals surface area contributed by atoms with Crippen molar-refractivity contribution in [3.05, 3.63) is 63.7 Å². The number of carbonyl (C=O) groups excluding carboxylic acids is 1. The molecule has 158 valence electrons. The molecule has 8 nitrogen and oxygen atoms in total. The number of anilines is 1. The van der Waals surface area contributed by atoms with Gasteiger partial charge in [0.2, 0.25) is 5.95 Å². The fourth-order valence-corrected chi connectivity index (χ4v) is 3.01. The molecule has 0 aliphatic rings. The molecule has 1 aromatic carbocycles. The van der Waals surface area contributed by atoms with Crippen LogP contribution in [-0.4, -0.2) is 32.3 Å². The lowest BCUT2D eigenvalue weighted by atomic mass is 10.0. The van der Waals surface area contributed by atoms with E-state index in [9.17, 15) is 9.59 Å². The number of H-pyrrole nitrogens is 1. The van der Waals surface area contributed by atoms with Crippen molar-refractivity contribution in [1.29, 1.82) is 0 Å². The van der Waals surface area contributed by atoms with Gasteiger partial charge in [0.25, 0.3) is 11.5 Å². The van der Waals surface area contributed by atoms with Crippen molar-refractivity contribution in [2.75, 3.05) is 11.9 Å². The summed E-state index contributed by atoms with van der Waals surface area (Å²) in [6.07, 6.45) is 1.55. The second-order valence-electron chi connectivity index (χ2n) is 7.45. The van der Waals surface area contributed by atoms with E-state index in [-0.39, 0.29) is 24.0 Å². The minimum Gasteiger partial charge on any atom is -0.484 e. The minimum atomic E-state index is -0.337. The molecule has 1 amide bonds. The molecule has 2 N–H and O–H groups in total. The Morgan fingerprint density at radius 3 is 2.63 bits per heavy atom. The summed E-state index contributed by atoms with van der Waals surface area (Å²) in [7, 11) is 0. The first kappa shape index (κ1) is 21.3. The van der Waals surface area contributed by atoms with Gasteiger partial charge < -0.3 is 10.1 Å². The van der Waals surface area contributed by atoms with Gasteiger partial charge in [-0.3, -0.25) is 14.6 Å². The normalized spacial score (nSPS) is 11.0. The van der Waals surface area contributed by atoms with Crippen molar-refractivity contribution in [2.45, 2.75) is 46.5 Å². The molecule has 0 radical (unpaired) electrons. The van der Waals surface area contributed by atoms with Crippen LogP contribution >= 0.6 is 0 Å². The molecule has 0 bridgehead atoms. The summed E-state index contributed by atoms with van der Waals surface area (Å²) >= 11 is 0. The third-order valence-electron chi connectivity index (χ3n) is 4.50. The molecule has 0 saturated carbocycles. The Labute approximate surface area is 175 Å². The Balaban J connectivity index is 1.71. The molecule has 2 heterocycles. The molecule has 0 unspecified atom stereocenters. The van der Waals surface area contributed by atoms with Gasteiger partial charge in [0.15, 0.2) is 6.61 Å². The van der Waals surface area contributed by atoms with Crippen molar-refractivity contribution in [3.8, 4) is 11.7 Å². The molecule has 0 atom stereocenters. The van der Waals surface area contributed by atoms with E-state index >= 15 is 0 Å². The van der Waals surface area contributed by atoms with E-state index in [0.29, 0.717) is 35.3 Å². The summed E-state index contributed by atoms with van der Waals surface area (Å²) in [5, 5.41) is 7.12. The van der Waals surface area contributed by atoms with E-state index in [1.165, 1.54) is 16.3 Å². The standard InChI is InChI=1S/C22H27N5O3/c1-5-6-17-12-20(28)25-22(23-17)27-19(11-15(4)26-27)24-21(29)13-30-18-9-7-16(8-10-18)14(2)3/h7-12,14H,5-6,13H2,1-4H3,(H,24,29)(H,23,25,28). The highest BCUT2D eigenvalue weighted by Crippen LogP contribution is 2.19. The van der Waals surface area contributed by atoms with Gasteiger partial charge in [-0.05, 0) is 37.0 Å². The molecule has 3 rings (SSSR count). The Kier molecular flexibility index (Phi) is 6.66. The number of amides is 1. The number of rotatable bonds is 8. The fourth-order valence-electron chi connectivity index (χ4n) is 3.01. The first-order chi connectivity index (χ1) is 14.4. The first-order valence-corrected chi connectivity index (χ1v) is 10.1. The lowest BCUT2D eigenvalue weighted by Crippen LogP contribution is -2.23. The smallest absolute Gasteiger partial charge is 0.263 e. The number of hydrogen-bond donors (Lipinski definition) is 2. The van der Waals surface area contributed by atoms with Gasteiger partial charge in [-0.25, -0.2) is 4.98 Å². The van der Waals surface area contributed by atoms with Gasteiger partial charge in [-0.1, -0.05) is 39.3 Å². The molecule has 0 saturated heterocycles. The van der Waals surface area contributed by atoms with Gasteiger partial charge in [0, 0.05) is 17.8 Å². The van der Waals surface area contributed by atoms with E-state index in [1.807, 2.05) is 31.2 Å². The number of hydrogen-bond acceptors (Lipinski definition) is 5. The van der Waals surface area contributed by atoms with Crippen LogP contribution in [0.25, 0.3) is 5.95 Å². The molecular weight excluding hydrogens is 382 g/mol. The lowest BCUT2D eigenvalue weighted by Gasteiger charge is -2.11. The number of aromatic amines is 1. The summed E-state index contributed by atoms with van der Waals surface area (Å²) in [5.41, 5.74) is 2.30. The van der Waals surface area contributed by atoms with E-state index in [1.54, 1.807) is 13.0 Å². The largest absolute Gasteiger partial charge is 0.484 e. The van der Waals surface area contributed by atoms with E-state index < -0.39 is 0 Å². The number of benzene rings is 1. The Morgan fingerprint density at radius 2 is 1.97 bits per heavy atom. The fraction of sp³-hybridized carbons (Fsp3) is 0.364. The SMILES string of the molecule is CCCc1cc(=O)[nH]c(-n2nc(C)cc2NC(=O)COc2ccc(C(C)C)cc2)n1. The molecule has 0 fully saturated rings. The summed E-state index contributed by atoms with van der Waals surface area (Å²) in [6.45, 7) is 7.91. The highest BCUT2D eigenvalue weighted by Gasteiger charge is 2.14. The zero-order valence-corrected chi connectivity index (χ0v) is 17.7. The maximum atomic E-state index is 12.4. The topological polar surface area (TPSA) is 102 Å². The highest BCUT2D eigenvalue weighted by atomic mass is 16.5. The molecule has 0 spiro atoms. The van der Waals surface area contributed by atoms with Crippen LogP contribution in [0.1, 0.15) is 50.1 Å².